The summed E-state index contributed by atoms with van der Waals surface area (Å²) in [7, 11) is 1.20. The molecule has 0 radical (unpaired) electrons. The van der Waals surface area contributed by atoms with E-state index in [1.807, 2.05) is 12.1 Å². The highest BCUT2D eigenvalue weighted by molar-refractivity contribution is 6.19. The number of esters is 2. The minimum atomic E-state index is -1.93. The van der Waals surface area contributed by atoms with Gasteiger partial charge in [0.2, 0.25) is 11.8 Å². The molecule has 0 bridgehead atoms. The molecule has 2 aliphatic rings. The number of hydrogen-bond donors (Lipinski definition) is 1. The first-order chi connectivity index (χ1) is 16.4. The molecule has 9 heteroatoms. The molecule has 2 N–H and O–H groups in total. The summed E-state index contributed by atoms with van der Waals surface area (Å²) >= 11 is 0. The number of hydrogen-bond acceptors (Lipinski definition) is 8. The Morgan fingerprint density at radius 3 is 2.50 bits per heavy atom. The number of rotatable bonds is 5. The average Bonchev–Trinajstić information content (AvgIpc) is 3.07. The van der Waals surface area contributed by atoms with Crippen molar-refractivity contribution in [3.63, 3.8) is 0 Å². The van der Waals surface area contributed by atoms with Crippen molar-refractivity contribution < 1.29 is 28.6 Å². The molecule has 172 valence electrons. The van der Waals surface area contributed by atoms with Crippen LogP contribution in [0.3, 0.4) is 0 Å². The molecule has 2 heterocycles. The molecule has 0 aromatic heterocycles. The van der Waals surface area contributed by atoms with Crippen LogP contribution in [0.25, 0.3) is 0 Å². The normalized spacial score (nSPS) is 19.0. The van der Waals surface area contributed by atoms with Crippen molar-refractivity contribution in [2.75, 3.05) is 18.6 Å². The largest absolute Gasteiger partial charge is 0.468 e. The van der Waals surface area contributed by atoms with Crippen LogP contribution in [0.4, 0.5) is 5.69 Å². The van der Waals surface area contributed by atoms with E-state index in [-0.39, 0.29) is 29.4 Å². The van der Waals surface area contributed by atoms with Gasteiger partial charge in [0.05, 0.1) is 7.11 Å². The van der Waals surface area contributed by atoms with Gasteiger partial charge in [-0.25, -0.2) is 4.79 Å². The van der Waals surface area contributed by atoms with Gasteiger partial charge in [0.15, 0.2) is 5.41 Å². The summed E-state index contributed by atoms with van der Waals surface area (Å²) in [4.78, 5) is 40.8. The first-order valence-corrected chi connectivity index (χ1v) is 10.3. The van der Waals surface area contributed by atoms with Crippen molar-refractivity contribution >= 4 is 23.5 Å². The third-order valence-corrected chi connectivity index (χ3v) is 5.82. The number of benzene rings is 2. The number of nitriles is 1. The minimum absolute atomic E-state index is 0.0256. The van der Waals surface area contributed by atoms with Crippen LogP contribution in [0.1, 0.15) is 18.1 Å². The highest BCUT2D eigenvalue weighted by Crippen LogP contribution is 2.54. The maximum atomic E-state index is 14.0. The van der Waals surface area contributed by atoms with E-state index in [1.54, 1.807) is 48.5 Å². The second-order valence-electron chi connectivity index (χ2n) is 7.68. The first-order valence-electron chi connectivity index (χ1n) is 10.3. The number of carbonyl (C=O) groups excluding carboxylic acids is 3. The van der Waals surface area contributed by atoms with Crippen molar-refractivity contribution in [3.05, 3.63) is 88.5 Å². The Morgan fingerprint density at radius 2 is 1.82 bits per heavy atom. The van der Waals surface area contributed by atoms with Gasteiger partial charge in [-0.05, 0) is 18.6 Å². The standard InChI is InChI=1S/C25H21N3O6/c1-15-21(23(30)33-14-16-8-4-3-5-9-16)25(18(12-26)22(27)34-15)17-10-6-7-11-19(17)28(24(25)31)13-20(29)32-2/h3-11H,13-14,27H2,1-2H3. The molecule has 0 saturated carbocycles. The Morgan fingerprint density at radius 1 is 1.15 bits per heavy atom. The van der Waals surface area contributed by atoms with E-state index in [2.05, 4.69) is 0 Å². The highest BCUT2D eigenvalue weighted by Gasteiger charge is 2.62. The lowest BCUT2D eigenvalue weighted by Gasteiger charge is -2.34. The number of para-hydroxylation sites is 1. The number of fused-ring (bicyclic) bond motifs is 2. The molecule has 0 aliphatic carbocycles. The molecule has 4 rings (SSSR count). The van der Waals surface area contributed by atoms with Gasteiger partial charge in [-0.1, -0.05) is 48.5 Å². The summed E-state index contributed by atoms with van der Waals surface area (Å²) in [5.74, 6) is -2.49. The molecule has 34 heavy (non-hydrogen) atoms. The fourth-order valence-electron chi connectivity index (χ4n) is 4.36. The number of nitrogens with two attached hydrogens (primary N) is 1. The van der Waals surface area contributed by atoms with Crippen LogP contribution in [-0.4, -0.2) is 31.5 Å². The van der Waals surface area contributed by atoms with E-state index < -0.39 is 29.8 Å². The van der Waals surface area contributed by atoms with E-state index in [4.69, 9.17) is 19.9 Å². The predicted octanol–water partition coefficient (Wildman–Crippen LogP) is 2.19. The maximum Gasteiger partial charge on any atom is 0.339 e. The molecule has 2 aliphatic heterocycles. The van der Waals surface area contributed by atoms with Gasteiger partial charge in [0, 0.05) is 11.3 Å². The van der Waals surface area contributed by atoms with Crippen LogP contribution < -0.4 is 10.6 Å². The van der Waals surface area contributed by atoms with Crippen LogP contribution in [0.5, 0.6) is 0 Å². The lowest BCUT2D eigenvalue weighted by atomic mass is 9.68. The summed E-state index contributed by atoms with van der Waals surface area (Å²) in [5.41, 5.74) is 5.09. The number of anilines is 1. The fourth-order valence-corrected chi connectivity index (χ4v) is 4.36. The fraction of sp³-hybridized carbons (Fsp3) is 0.200. The van der Waals surface area contributed by atoms with Crippen molar-refractivity contribution in [2.45, 2.75) is 18.9 Å². The van der Waals surface area contributed by atoms with Gasteiger partial charge in [-0.3, -0.25) is 14.5 Å². The molecule has 1 unspecified atom stereocenters. The first kappa shape index (κ1) is 22.6. The van der Waals surface area contributed by atoms with E-state index in [0.717, 1.165) is 5.56 Å². The lowest BCUT2D eigenvalue weighted by Crippen LogP contribution is -2.49. The summed E-state index contributed by atoms with van der Waals surface area (Å²) in [5, 5.41) is 10.0. The second kappa shape index (κ2) is 8.75. The Kier molecular flexibility index (Phi) is 5.82. The second-order valence-corrected chi connectivity index (χ2v) is 7.68. The summed E-state index contributed by atoms with van der Waals surface area (Å²) in [6.45, 7) is 0.995. The lowest BCUT2D eigenvalue weighted by molar-refractivity contribution is -0.142. The minimum Gasteiger partial charge on any atom is -0.468 e. The van der Waals surface area contributed by atoms with Crippen molar-refractivity contribution in [1.82, 2.24) is 0 Å². The molecule has 2 aromatic rings. The number of nitrogens with zero attached hydrogens (tertiary/aromatic N) is 2. The van der Waals surface area contributed by atoms with Gasteiger partial charge in [0.25, 0.3) is 0 Å². The van der Waals surface area contributed by atoms with Gasteiger partial charge < -0.3 is 19.9 Å². The molecule has 1 spiro atoms. The zero-order valence-electron chi connectivity index (χ0n) is 18.5. The number of ether oxygens (including phenoxy) is 3. The van der Waals surface area contributed by atoms with Crippen molar-refractivity contribution in [1.29, 1.82) is 5.26 Å². The highest BCUT2D eigenvalue weighted by atomic mass is 16.5. The molecular weight excluding hydrogens is 438 g/mol. The van der Waals surface area contributed by atoms with Crippen molar-refractivity contribution in [3.8, 4) is 6.07 Å². The van der Waals surface area contributed by atoms with Gasteiger partial charge in [-0.2, -0.15) is 5.26 Å². The predicted molar refractivity (Wildman–Crippen MR) is 119 cm³/mol. The van der Waals surface area contributed by atoms with Crippen LogP contribution >= 0.6 is 0 Å². The van der Waals surface area contributed by atoms with E-state index in [0.29, 0.717) is 11.3 Å². The quantitative estimate of drug-likeness (QED) is 0.673. The Labute approximate surface area is 195 Å². The van der Waals surface area contributed by atoms with Crippen LogP contribution in [0.2, 0.25) is 0 Å². The van der Waals surface area contributed by atoms with Gasteiger partial charge in [-0.15, -0.1) is 0 Å². The molecule has 1 amide bonds. The van der Waals surface area contributed by atoms with E-state index >= 15 is 0 Å². The molecule has 0 saturated heterocycles. The number of amides is 1. The molecule has 9 nitrogen and oxygen atoms in total. The molecule has 1 atom stereocenters. The summed E-state index contributed by atoms with van der Waals surface area (Å²) < 4.78 is 15.8. The van der Waals surface area contributed by atoms with Gasteiger partial charge in [0.1, 0.15) is 36.1 Å². The Balaban J connectivity index is 1.88. The molecular formula is C25H21N3O6. The topological polar surface area (TPSA) is 132 Å². The Bertz CT molecular complexity index is 1290. The molecule has 2 aromatic carbocycles. The third-order valence-electron chi connectivity index (χ3n) is 5.82. The smallest absolute Gasteiger partial charge is 0.339 e. The van der Waals surface area contributed by atoms with Crippen LogP contribution in [0, 0.1) is 11.3 Å². The average molecular weight is 459 g/mol. The summed E-state index contributed by atoms with van der Waals surface area (Å²) in [6.07, 6.45) is 0. The monoisotopic (exact) mass is 459 g/mol. The van der Waals surface area contributed by atoms with E-state index in [9.17, 15) is 19.6 Å². The van der Waals surface area contributed by atoms with E-state index in [1.165, 1.54) is 18.9 Å². The maximum absolute atomic E-state index is 14.0. The Hall–Kier alpha value is -4.58. The third kappa shape index (κ3) is 3.36. The SMILES string of the molecule is COC(=O)CN1C(=O)C2(C(C#N)=C(N)OC(C)=C2C(=O)OCc2ccccc2)c2ccccc21. The molecule has 0 fully saturated rings. The van der Waals surface area contributed by atoms with Crippen molar-refractivity contribution in [2.24, 2.45) is 5.73 Å². The zero-order valence-corrected chi connectivity index (χ0v) is 18.5. The number of carbonyl (C=O) groups is 3. The van der Waals surface area contributed by atoms with Gasteiger partial charge >= 0.3 is 11.9 Å². The summed E-state index contributed by atoms with van der Waals surface area (Å²) in [6, 6.07) is 17.5. The van der Waals surface area contributed by atoms with Crippen LogP contribution in [-0.2, 0) is 40.6 Å². The number of allylic oxidation sites excluding steroid dienone is 1. The van der Waals surface area contributed by atoms with Crippen LogP contribution in [0.15, 0.2) is 77.4 Å². The number of methoxy groups -OCH3 is 1. The zero-order chi connectivity index (χ0) is 24.5.